The predicted molar refractivity (Wildman–Crippen MR) is 137 cm³/mol. The van der Waals surface area contributed by atoms with Gasteiger partial charge in [0.1, 0.15) is 21.6 Å². The quantitative estimate of drug-likeness (QED) is 0.330. The van der Waals surface area contributed by atoms with Crippen molar-refractivity contribution in [3.63, 3.8) is 0 Å². The molecule has 1 aliphatic heterocycles. The van der Waals surface area contributed by atoms with Crippen molar-refractivity contribution in [2.24, 2.45) is 5.92 Å². The van der Waals surface area contributed by atoms with Gasteiger partial charge in [-0.1, -0.05) is 22.9 Å². The van der Waals surface area contributed by atoms with Gasteiger partial charge in [-0.3, -0.25) is 14.9 Å². The minimum atomic E-state index is -0.403. The van der Waals surface area contributed by atoms with Crippen LogP contribution in [0.4, 0.5) is 5.13 Å². The summed E-state index contributed by atoms with van der Waals surface area (Å²) in [5, 5.41) is 10.9. The Kier molecular flexibility index (Phi) is 7.06. The zero-order valence-electron chi connectivity index (χ0n) is 19.9. The third kappa shape index (κ3) is 5.89. The fourth-order valence-electron chi connectivity index (χ4n) is 3.79. The lowest BCUT2D eigenvalue weighted by molar-refractivity contribution is -0.130. The molecule has 2 amide bonds. The Morgan fingerprint density at radius 3 is 2.62 bits per heavy atom. The van der Waals surface area contributed by atoms with E-state index in [1.54, 1.807) is 61.3 Å². The first-order valence-electron chi connectivity index (χ1n) is 11.4. The second kappa shape index (κ2) is 10.6. The molecule has 0 bridgehead atoms. The third-order valence-electron chi connectivity index (χ3n) is 5.69. The Morgan fingerprint density at radius 1 is 1.19 bits per heavy atom. The number of anilines is 1. The molecule has 1 aliphatic rings. The number of aromatic nitrogens is 3. The normalized spacial score (nSPS) is 15.2. The van der Waals surface area contributed by atoms with Crippen molar-refractivity contribution in [1.82, 2.24) is 20.1 Å². The lowest BCUT2D eigenvalue weighted by Gasteiger charge is -2.14. The molecule has 1 atom stereocenters. The maximum Gasteiger partial charge on any atom is 0.257 e. The minimum Gasteiger partial charge on any atom is -0.493 e. The molecule has 0 spiro atoms. The van der Waals surface area contributed by atoms with E-state index in [9.17, 15) is 9.59 Å². The molecule has 5 rings (SSSR count). The number of carbonyl (C=O) groups is 2. The van der Waals surface area contributed by atoms with Crippen LogP contribution in [0.25, 0.3) is 11.5 Å². The second-order valence-electron chi connectivity index (χ2n) is 8.43. The van der Waals surface area contributed by atoms with E-state index in [4.69, 9.17) is 25.5 Å². The van der Waals surface area contributed by atoms with Gasteiger partial charge in [-0.15, -0.1) is 10.2 Å². The van der Waals surface area contributed by atoms with E-state index >= 15 is 0 Å². The van der Waals surface area contributed by atoms with E-state index in [2.05, 4.69) is 20.5 Å². The fraction of sp³-hybridized carbons (Fsp3) is 0.240. The number of carbonyl (C=O) groups excluding carboxylic acids is 2. The van der Waals surface area contributed by atoms with Crippen molar-refractivity contribution in [3.05, 3.63) is 64.5 Å². The number of halogens is 1. The zero-order chi connectivity index (χ0) is 25.9. The zero-order valence-corrected chi connectivity index (χ0v) is 21.5. The first-order chi connectivity index (χ1) is 17.8. The van der Waals surface area contributed by atoms with Crippen molar-refractivity contribution in [1.29, 1.82) is 0 Å². The molecular formula is C25H22ClN5O5S. The summed E-state index contributed by atoms with van der Waals surface area (Å²) in [7, 11) is 1.77. The summed E-state index contributed by atoms with van der Waals surface area (Å²) in [4.78, 5) is 31.0. The van der Waals surface area contributed by atoms with Crippen LogP contribution in [0.1, 0.15) is 22.7 Å². The maximum atomic E-state index is 13.0. The monoisotopic (exact) mass is 539 g/mol. The topological polar surface area (TPSA) is 120 Å². The van der Waals surface area contributed by atoms with Crippen LogP contribution in [0.3, 0.4) is 0 Å². The Hall–Kier alpha value is -3.96. The highest BCUT2D eigenvalue weighted by Gasteiger charge is 2.29. The highest BCUT2D eigenvalue weighted by molar-refractivity contribution is 7.19. The smallest absolute Gasteiger partial charge is 0.257 e. The fourth-order valence-corrected chi connectivity index (χ4v) is 4.60. The number of ether oxygens (including phenoxy) is 2. The summed E-state index contributed by atoms with van der Waals surface area (Å²) >= 11 is 7.08. The van der Waals surface area contributed by atoms with E-state index in [1.165, 1.54) is 6.20 Å². The molecule has 0 saturated carbocycles. The van der Waals surface area contributed by atoms with Gasteiger partial charge in [0.25, 0.3) is 5.91 Å². The van der Waals surface area contributed by atoms with Gasteiger partial charge in [-0.2, -0.15) is 0 Å². The molecule has 1 unspecified atom stereocenters. The van der Waals surface area contributed by atoms with Crippen molar-refractivity contribution < 1.29 is 23.5 Å². The van der Waals surface area contributed by atoms with Crippen molar-refractivity contribution in [2.45, 2.75) is 13.3 Å². The number of hydrogen-bond donors (Lipinski definition) is 1. The van der Waals surface area contributed by atoms with Gasteiger partial charge in [0.15, 0.2) is 5.13 Å². The van der Waals surface area contributed by atoms with Gasteiger partial charge >= 0.3 is 0 Å². The number of thiazole rings is 1. The van der Waals surface area contributed by atoms with Crippen molar-refractivity contribution in [3.8, 4) is 28.7 Å². The number of nitrogens with one attached hydrogen (secondary N) is 1. The molecule has 2 aromatic heterocycles. The highest BCUT2D eigenvalue weighted by atomic mass is 35.5. The average Bonchev–Trinajstić information content (AvgIpc) is 3.59. The van der Waals surface area contributed by atoms with Crippen LogP contribution in [0, 0.1) is 12.8 Å². The van der Waals surface area contributed by atoms with Gasteiger partial charge in [0.2, 0.25) is 17.7 Å². The largest absolute Gasteiger partial charge is 0.493 e. The minimum absolute atomic E-state index is 0.0440. The first-order valence-corrected chi connectivity index (χ1v) is 12.6. The molecule has 10 nitrogen and oxygen atoms in total. The number of benzene rings is 2. The molecule has 0 radical (unpaired) electrons. The average molecular weight is 540 g/mol. The van der Waals surface area contributed by atoms with Crippen LogP contribution >= 0.6 is 22.9 Å². The molecule has 3 heterocycles. The number of hydrogen-bond acceptors (Lipinski definition) is 9. The lowest BCUT2D eigenvalue weighted by atomic mass is 10.1. The Morgan fingerprint density at radius 2 is 1.97 bits per heavy atom. The summed E-state index contributed by atoms with van der Waals surface area (Å²) in [6.45, 7) is 2.62. The lowest BCUT2D eigenvalue weighted by Crippen LogP contribution is -2.25. The summed E-state index contributed by atoms with van der Waals surface area (Å²) < 4.78 is 17.9. The Balaban J connectivity index is 1.36. The second-order valence-corrected chi connectivity index (χ2v) is 10.1. The third-order valence-corrected chi connectivity index (χ3v) is 6.72. The molecule has 190 valence electrons. The van der Waals surface area contributed by atoms with E-state index in [0.717, 1.165) is 23.3 Å². The number of likely N-dealkylation sites (tertiary alicyclic amines) is 1. The van der Waals surface area contributed by atoms with Gasteiger partial charge in [-0.25, -0.2) is 4.98 Å². The van der Waals surface area contributed by atoms with Crippen LogP contribution in [0.2, 0.25) is 4.34 Å². The van der Waals surface area contributed by atoms with E-state index in [0.29, 0.717) is 50.6 Å². The van der Waals surface area contributed by atoms with Crippen LogP contribution in [0.15, 0.2) is 53.1 Å². The van der Waals surface area contributed by atoms with Crippen molar-refractivity contribution in [2.75, 3.05) is 25.5 Å². The molecule has 12 heteroatoms. The number of aryl methyl sites for hydroxylation is 1. The molecule has 37 heavy (non-hydrogen) atoms. The standard InChI is InChI=1S/C25H22ClN5O5S/c1-14-29-30-23(35-14)15-3-5-18(6-4-15)36-20-10-17(22(32)28-25-27-12-21(26)37-25)9-19(11-20)34-13-16-7-8-31(2)24(16)33/h3-6,9-12,16H,7-8,13H2,1-2H3,(H,27,28,32). The number of amides is 2. The van der Waals surface area contributed by atoms with Gasteiger partial charge in [0.05, 0.1) is 18.7 Å². The molecule has 1 fully saturated rings. The Labute approximate surface area is 221 Å². The van der Waals surface area contributed by atoms with Crippen LogP contribution in [-0.4, -0.2) is 52.1 Å². The molecular weight excluding hydrogens is 518 g/mol. The van der Waals surface area contributed by atoms with Gasteiger partial charge < -0.3 is 18.8 Å². The molecule has 0 aliphatic carbocycles. The summed E-state index contributed by atoms with van der Waals surface area (Å²) in [6.07, 6.45) is 2.18. The number of nitrogens with zero attached hydrogens (tertiary/aromatic N) is 4. The van der Waals surface area contributed by atoms with Crippen LogP contribution < -0.4 is 14.8 Å². The number of rotatable bonds is 8. The van der Waals surface area contributed by atoms with Gasteiger partial charge in [-0.05, 0) is 42.8 Å². The molecule has 1 saturated heterocycles. The predicted octanol–water partition coefficient (Wildman–Crippen LogP) is 5.06. The molecule has 1 N–H and O–H groups in total. The van der Waals surface area contributed by atoms with Crippen LogP contribution in [-0.2, 0) is 4.79 Å². The maximum absolute atomic E-state index is 13.0. The summed E-state index contributed by atoms with van der Waals surface area (Å²) in [5.41, 5.74) is 1.05. The first kappa shape index (κ1) is 24.7. The molecule has 4 aromatic rings. The van der Waals surface area contributed by atoms with Crippen LogP contribution in [0.5, 0.6) is 17.2 Å². The van der Waals surface area contributed by atoms with Gasteiger partial charge in [0, 0.05) is 37.7 Å². The SMILES string of the molecule is Cc1nnc(-c2ccc(Oc3cc(OCC4CCN(C)C4=O)cc(C(=O)Nc4ncc(Cl)s4)c3)cc2)o1. The summed E-state index contributed by atoms with van der Waals surface area (Å²) in [5.74, 6) is 1.61. The molecule has 2 aromatic carbocycles. The van der Waals surface area contributed by atoms with Crippen molar-refractivity contribution >= 4 is 39.9 Å². The van der Waals surface area contributed by atoms with E-state index in [-0.39, 0.29) is 18.4 Å². The highest BCUT2D eigenvalue weighted by Crippen LogP contribution is 2.31. The van der Waals surface area contributed by atoms with E-state index < -0.39 is 5.91 Å². The van der Waals surface area contributed by atoms with E-state index in [1.807, 2.05) is 0 Å². The summed E-state index contributed by atoms with van der Waals surface area (Å²) in [6, 6.07) is 12.0. The Bertz CT molecular complexity index is 1440.